The number of sulfonamides is 1. The quantitative estimate of drug-likeness (QED) is 0.531. The van der Waals surface area contributed by atoms with Crippen LogP contribution in [0.1, 0.15) is 24.2 Å². The van der Waals surface area contributed by atoms with Gasteiger partial charge in [0.1, 0.15) is 11.6 Å². The second kappa shape index (κ2) is 10.4. The molecular formula is C25H30N4O4S. The molecule has 8 nitrogen and oxygen atoms in total. The number of amides is 1. The van der Waals surface area contributed by atoms with Gasteiger partial charge in [-0.25, -0.2) is 13.4 Å². The summed E-state index contributed by atoms with van der Waals surface area (Å²) >= 11 is 0. The molecule has 0 saturated carbocycles. The number of rotatable bonds is 8. The van der Waals surface area contributed by atoms with Crippen molar-refractivity contribution in [3.8, 4) is 5.75 Å². The highest BCUT2D eigenvalue weighted by atomic mass is 32.2. The molecule has 1 aromatic heterocycles. The summed E-state index contributed by atoms with van der Waals surface area (Å²) in [4.78, 5) is 17.1. The molecule has 0 atom stereocenters. The second-order valence-corrected chi connectivity index (χ2v) is 10.4. The van der Waals surface area contributed by atoms with E-state index in [2.05, 4.69) is 22.4 Å². The average molecular weight is 483 g/mol. The number of nitrogens with zero attached hydrogens (tertiary/aromatic N) is 3. The molecule has 1 saturated heterocycles. The van der Waals surface area contributed by atoms with Crippen molar-refractivity contribution in [3.63, 3.8) is 0 Å². The average Bonchev–Trinajstić information content (AvgIpc) is 3.20. The Labute approximate surface area is 200 Å². The molecule has 0 radical (unpaired) electrons. The van der Waals surface area contributed by atoms with Crippen molar-refractivity contribution < 1.29 is 17.9 Å². The van der Waals surface area contributed by atoms with Gasteiger partial charge in [-0.1, -0.05) is 42.5 Å². The maximum Gasteiger partial charge on any atom is 0.262 e. The number of ether oxygens (including phenoxy) is 1. The fourth-order valence-corrected chi connectivity index (χ4v) is 5.49. The van der Waals surface area contributed by atoms with Crippen LogP contribution in [0.2, 0.25) is 0 Å². The molecular weight excluding hydrogens is 452 g/mol. The molecule has 4 rings (SSSR count). The Kier molecular flexibility index (Phi) is 7.33. The number of hydrogen-bond acceptors (Lipinski definition) is 5. The lowest BCUT2D eigenvalue weighted by Crippen LogP contribution is -2.41. The number of nitrogens with one attached hydrogen (secondary N) is 1. The van der Waals surface area contributed by atoms with Crippen molar-refractivity contribution in [2.75, 3.05) is 25.0 Å². The lowest BCUT2D eigenvalue weighted by molar-refractivity contribution is -0.120. The molecule has 9 heteroatoms. The minimum atomic E-state index is -3.66. The van der Waals surface area contributed by atoms with E-state index in [0.717, 1.165) is 6.42 Å². The molecule has 1 amide bonds. The predicted molar refractivity (Wildman–Crippen MR) is 130 cm³/mol. The van der Waals surface area contributed by atoms with Crippen LogP contribution in [0.5, 0.6) is 5.75 Å². The Morgan fingerprint density at radius 1 is 1.09 bits per heavy atom. The van der Waals surface area contributed by atoms with Gasteiger partial charge in [0.2, 0.25) is 5.91 Å². The molecule has 1 aliphatic rings. The Morgan fingerprint density at radius 2 is 1.76 bits per heavy atom. The highest BCUT2D eigenvalue weighted by molar-refractivity contribution is 7.89. The summed E-state index contributed by atoms with van der Waals surface area (Å²) in [6.45, 7) is 2.83. The van der Waals surface area contributed by atoms with Crippen molar-refractivity contribution in [2.45, 2.75) is 31.2 Å². The van der Waals surface area contributed by atoms with Gasteiger partial charge in [0, 0.05) is 38.7 Å². The number of hydrogen-bond donors (Lipinski definition) is 1. The van der Waals surface area contributed by atoms with Gasteiger partial charge in [-0.2, -0.15) is 4.31 Å². The highest BCUT2D eigenvalue weighted by Gasteiger charge is 2.33. The number of para-hydroxylation sites is 2. The smallest absolute Gasteiger partial charge is 0.262 e. The van der Waals surface area contributed by atoms with Gasteiger partial charge < -0.3 is 14.6 Å². The third kappa shape index (κ3) is 5.48. The molecule has 2 aromatic carbocycles. The van der Waals surface area contributed by atoms with Gasteiger partial charge in [0.25, 0.3) is 10.0 Å². The zero-order chi connectivity index (χ0) is 24.1. The number of anilines is 1. The van der Waals surface area contributed by atoms with Crippen LogP contribution in [0.15, 0.2) is 65.8 Å². The molecule has 1 fully saturated rings. The van der Waals surface area contributed by atoms with Crippen LogP contribution in [0, 0.1) is 12.8 Å². The van der Waals surface area contributed by atoms with Crippen LogP contribution in [0.25, 0.3) is 0 Å². The summed E-state index contributed by atoms with van der Waals surface area (Å²) in [6, 6.07) is 17.5. The monoisotopic (exact) mass is 482 g/mol. The summed E-state index contributed by atoms with van der Waals surface area (Å²) in [5.74, 6) is 0.869. The van der Waals surface area contributed by atoms with Crippen LogP contribution in [-0.4, -0.2) is 47.9 Å². The van der Waals surface area contributed by atoms with Gasteiger partial charge in [0.05, 0.1) is 12.3 Å². The SMILES string of the molecule is Cc1nc(S(=O)(=O)N2CCC(C(=O)Nc3ccccc3OCCc3ccccc3)CC2)cn1C. The number of aromatic nitrogens is 2. The van der Waals surface area contributed by atoms with E-state index in [4.69, 9.17) is 4.74 Å². The fraction of sp³-hybridized carbons (Fsp3) is 0.360. The van der Waals surface area contributed by atoms with Crippen molar-refractivity contribution in [2.24, 2.45) is 13.0 Å². The van der Waals surface area contributed by atoms with E-state index in [0.29, 0.717) is 36.7 Å². The van der Waals surface area contributed by atoms with Crippen molar-refractivity contribution in [1.29, 1.82) is 0 Å². The first-order valence-electron chi connectivity index (χ1n) is 11.4. The molecule has 1 aliphatic heterocycles. The normalized spacial score (nSPS) is 15.2. The molecule has 180 valence electrons. The maximum atomic E-state index is 12.9. The number of carbonyl (C=O) groups excluding carboxylic acids is 1. The zero-order valence-electron chi connectivity index (χ0n) is 19.5. The van der Waals surface area contributed by atoms with E-state index in [-0.39, 0.29) is 29.9 Å². The first-order chi connectivity index (χ1) is 16.3. The minimum Gasteiger partial charge on any atom is -0.491 e. The van der Waals surface area contributed by atoms with Gasteiger partial charge >= 0.3 is 0 Å². The van der Waals surface area contributed by atoms with Crippen LogP contribution >= 0.6 is 0 Å². The van der Waals surface area contributed by atoms with Gasteiger partial charge in [0.15, 0.2) is 5.03 Å². The topological polar surface area (TPSA) is 93.5 Å². The van der Waals surface area contributed by atoms with Crippen molar-refractivity contribution in [1.82, 2.24) is 13.9 Å². The van der Waals surface area contributed by atoms with E-state index in [1.807, 2.05) is 42.5 Å². The van der Waals surface area contributed by atoms with E-state index in [1.165, 1.54) is 16.1 Å². The minimum absolute atomic E-state index is 0.0528. The Bertz CT molecular complexity index is 1210. The zero-order valence-corrected chi connectivity index (χ0v) is 20.3. The number of piperidine rings is 1. The van der Waals surface area contributed by atoms with E-state index in [1.54, 1.807) is 18.5 Å². The number of benzene rings is 2. The Hall–Kier alpha value is -3.17. The lowest BCUT2D eigenvalue weighted by atomic mass is 9.97. The molecule has 0 bridgehead atoms. The Balaban J connectivity index is 1.33. The van der Waals surface area contributed by atoms with Crippen molar-refractivity contribution >= 4 is 21.6 Å². The first-order valence-corrected chi connectivity index (χ1v) is 12.9. The summed E-state index contributed by atoms with van der Waals surface area (Å²) in [6.07, 6.45) is 3.20. The number of carbonyl (C=O) groups is 1. The fourth-order valence-electron chi connectivity index (χ4n) is 4.00. The number of imidazole rings is 1. The molecule has 3 aromatic rings. The van der Waals surface area contributed by atoms with Gasteiger partial charge in [-0.3, -0.25) is 4.79 Å². The molecule has 0 aliphatic carbocycles. The molecule has 0 unspecified atom stereocenters. The highest BCUT2D eigenvalue weighted by Crippen LogP contribution is 2.28. The third-order valence-electron chi connectivity index (χ3n) is 6.15. The second-order valence-electron chi connectivity index (χ2n) is 8.49. The largest absolute Gasteiger partial charge is 0.491 e. The van der Waals surface area contributed by atoms with Crippen molar-refractivity contribution in [3.05, 3.63) is 72.2 Å². The summed E-state index contributed by atoms with van der Waals surface area (Å²) in [5.41, 5.74) is 1.81. The lowest BCUT2D eigenvalue weighted by Gasteiger charge is -2.30. The van der Waals surface area contributed by atoms with Crippen LogP contribution < -0.4 is 10.1 Å². The molecule has 0 spiro atoms. The van der Waals surface area contributed by atoms with Crippen LogP contribution in [-0.2, 0) is 28.3 Å². The summed E-state index contributed by atoms with van der Waals surface area (Å²) in [7, 11) is -1.90. The van der Waals surface area contributed by atoms with Crippen LogP contribution in [0.3, 0.4) is 0 Å². The van der Waals surface area contributed by atoms with E-state index in [9.17, 15) is 13.2 Å². The molecule has 2 heterocycles. The number of aryl methyl sites for hydroxylation is 2. The first kappa shape index (κ1) is 24.0. The molecule has 34 heavy (non-hydrogen) atoms. The third-order valence-corrected chi connectivity index (χ3v) is 7.92. The summed E-state index contributed by atoms with van der Waals surface area (Å²) in [5, 5.41) is 3.03. The Morgan fingerprint density at radius 3 is 2.44 bits per heavy atom. The summed E-state index contributed by atoms with van der Waals surface area (Å²) < 4.78 is 34.8. The maximum absolute atomic E-state index is 12.9. The van der Waals surface area contributed by atoms with Crippen LogP contribution in [0.4, 0.5) is 5.69 Å². The van der Waals surface area contributed by atoms with Gasteiger partial charge in [-0.15, -0.1) is 0 Å². The van der Waals surface area contributed by atoms with Gasteiger partial charge in [-0.05, 0) is 37.5 Å². The standard InChI is InChI=1S/C25H30N4O4S/c1-19-26-24(18-28(19)2)34(31,32)29-15-12-21(13-16-29)25(30)27-22-10-6-7-11-23(22)33-17-14-20-8-4-3-5-9-20/h3-11,18,21H,12-17H2,1-2H3,(H,27,30). The van der Waals surface area contributed by atoms with E-state index >= 15 is 0 Å². The predicted octanol–water partition coefficient (Wildman–Crippen LogP) is 3.39. The van der Waals surface area contributed by atoms with E-state index < -0.39 is 10.0 Å². The molecule has 1 N–H and O–H groups in total.